The first-order valence-corrected chi connectivity index (χ1v) is 11.9. The molecule has 0 saturated carbocycles. The van der Waals surface area contributed by atoms with Crippen molar-refractivity contribution < 1.29 is 17.7 Å². The predicted molar refractivity (Wildman–Crippen MR) is 127 cm³/mol. The summed E-state index contributed by atoms with van der Waals surface area (Å²) >= 11 is 0. The highest BCUT2D eigenvalue weighted by molar-refractivity contribution is 7.90. The molecule has 0 spiro atoms. The van der Waals surface area contributed by atoms with Gasteiger partial charge in [-0.05, 0) is 46.8 Å². The van der Waals surface area contributed by atoms with E-state index in [4.69, 9.17) is 9.26 Å². The molecule has 0 N–H and O–H groups in total. The zero-order valence-electron chi connectivity index (χ0n) is 17.8. The molecular weight excluding hydrogens is 436 g/mol. The Labute approximate surface area is 191 Å². The third-order valence-electron chi connectivity index (χ3n) is 5.49. The highest BCUT2D eigenvalue weighted by Crippen LogP contribution is 2.37. The van der Waals surface area contributed by atoms with Crippen molar-refractivity contribution in [2.24, 2.45) is 0 Å². The minimum atomic E-state index is -3.57. The number of rotatable bonds is 6. The van der Waals surface area contributed by atoms with Crippen molar-refractivity contribution in [3.05, 3.63) is 97.0 Å². The Hall–Kier alpha value is -3.97. The Balaban J connectivity index is 1.57. The summed E-state index contributed by atoms with van der Waals surface area (Å²) in [5, 5.41) is 5.32. The fraction of sp³-hybridized carbons (Fsp3) is 0.0769. The number of nitrogens with zero attached hydrogens (tertiary/aromatic N) is 2. The van der Waals surface area contributed by atoms with Crippen LogP contribution < -0.4 is 4.74 Å². The van der Waals surface area contributed by atoms with E-state index < -0.39 is 9.84 Å². The van der Waals surface area contributed by atoms with Gasteiger partial charge in [0.15, 0.2) is 9.84 Å². The van der Waals surface area contributed by atoms with Crippen LogP contribution in [0.25, 0.3) is 33.2 Å². The van der Waals surface area contributed by atoms with Crippen LogP contribution in [0.4, 0.5) is 0 Å². The maximum absolute atomic E-state index is 12.9. The van der Waals surface area contributed by atoms with E-state index in [1.54, 1.807) is 43.6 Å². The highest BCUT2D eigenvalue weighted by Gasteiger charge is 2.19. The number of pyridine rings is 1. The topological polar surface area (TPSA) is 82.3 Å². The number of benzene rings is 3. The van der Waals surface area contributed by atoms with E-state index in [0.717, 1.165) is 33.2 Å². The van der Waals surface area contributed by atoms with E-state index in [2.05, 4.69) is 10.1 Å². The third-order valence-corrected chi connectivity index (χ3v) is 7.14. The normalized spacial score (nSPS) is 11.5. The minimum Gasteiger partial charge on any atom is -0.496 e. The molecular formula is C26H20N2O4S. The van der Waals surface area contributed by atoms with Crippen molar-refractivity contribution in [1.82, 2.24) is 10.1 Å². The number of methoxy groups -OCH3 is 1. The SMILES string of the molecule is COc1cc(-c2ccccc2)ccc1-c1nccc2cc(S(=O)(=O)Cc3ccon3)ccc12. The van der Waals surface area contributed by atoms with E-state index in [9.17, 15) is 8.42 Å². The number of aromatic nitrogens is 2. The maximum atomic E-state index is 12.9. The molecule has 5 rings (SSSR count). The van der Waals surface area contributed by atoms with Crippen LogP contribution in [0.3, 0.4) is 0 Å². The lowest BCUT2D eigenvalue weighted by molar-refractivity contribution is 0.413. The lowest BCUT2D eigenvalue weighted by atomic mass is 9.99. The van der Waals surface area contributed by atoms with Gasteiger partial charge >= 0.3 is 0 Å². The van der Waals surface area contributed by atoms with Crippen molar-refractivity contribution in [1.29, 1.82) is 0 Å². The summed E-state index contributed by atoms with van der Waals surface area (Å²) in [6.07, 6.45) is 3.04. The molecule has 0 saturated heterocycles. The first-order valence-electron chi connectivity index (χ1n) is 10.3. The quantitative estimate of drug-likeness (QED) is 0.334. The fourth-order valence-electron chi connectivity index (χ4n) is 3.85. The minimum absolute atomic E-state index is 0.221. The third kappa shape index (κ3) is 4.10. The van der Waals surface area contributed by atoms with Gasteiger partial charge < -0.3 is 9.26 Å². The molecule has 0 bridgehead atoms. The molecule has 7 heteroatoms. The first kappa shape index (κ1) is 20.9. The molecule has 5 aromatic rings. The van der Waals surface area contributed by atoms with E-state index >= 15 is 0 Å². The van der Waals surface area contributed by atoms with Crippen LogP contribution in [-0.2, 0) is 15.6 Å². The Morgan fingerprint density at radius 1 is 0.909 bits per heavy atom. The summed E-state index contributed by atoms with van der Waals surface area (Å²) in [6, 6.07) is 24.5. The Morgan fingerprint density at radius 2 is 1.76 bits per heavy atom. The predicted octanol–water partition coefficient (Wildman–Crippen LogP) is 5.54. The second-order valence-electron chi connectivity index (χ2n) is 7.57. The van der Waals surface area contributed by atoms with Gasteiger partial charge in [-0.3, -0.25) is 4.98 Å². The van der Waals surface area contributed by atoms with Crippen molar-refractivity contribution in [2.45, 2.75) is 10.6 Å². The second-order valence-corrected chi connectivity index (χ2v) is 9.56. The monoisotopic (exact) mass is 456 g/mol. The average molecular weight is 457 g/mol. The zero-order valence-corrected chi connectivity index (χ0v) is 18.6. The molecule has 0 aliphatic rings. The van der Waals surface area contributed by atoms with Gasteiger partial charge in [-0.25, -0.2) is 8.42 Å². The highest BCUT2D eigenvalue weighted by atomic mass is 32.2. The maximum Gasteiger partial charge on any atom is 0.184 e. The second kappa shape index (κ2) is 8.52. The Kier molecular flexibility index (Phi) is 5.40. The van der Waals surface area contributed by atoms with E-state index in [1.165, 1.54) is 6.26 Å². The molecule has 6 nitrogen and oxygen atoms in total. The van der Waals surface area contributed by atoms with E-state index in [-0.39, 0.29) is 10.6 Å². The van der Waals surface area contributed by atoms with Gasteiger partial charge in [-0.2, -0.15) is 0 Å². The van der Waals surface area contributed by atoms with Gasteiger partial charge in [0.05, 0.1) is 23.4 Å². The summed E-state index contributed by atoms with van der Waals surface area (Å²) in [6.45, 7) is 0. The molecule has 2 heterocycles. The van der Waals surface area contributed by atoms with Crippen LogP contribution in [0.15, 0.2) is 101 Å². The molecule has 3 aromatic carbocycles. The van der Waals surface area contributed by atoms with Crippen LogP contribution in [-0.4, -0.2) is 25.7 Å². The van der Waals surface area contributed by atoms with Crippen LogP contribution in [0.5, 0.6) is 5.75 Å². The summed E-state index contributed by atoms with van der Waals surface area (Å²) in [4.78, 5) is 4.81. The zero-order chi connectivity index (χ0) is 22.8. The summed E-state index contributed by atoms with van der Waals surface area (Å²) < 4.78 is 36.2. The van der Waals surface area contributed by atoms with E-state index in [0.29, 0.717) is 11.4 Å². The summed E-state index contributed by atoms with van der Waals surface area (Å²) in [5.41, 5.74) is 4.06. The molecule has 33 heavy (non-hydrogen) atoms. The molecule has 0 fully saturated rings. The Morgan fingerprint density at radius 3 is 2.52 bits per heavy atom. The molecule has 0 unspecified atom stereocenters. The first-order chi connectivity index (χ1) is 16.0. The van der Waals surface area contributed by atoms with Gasteiger partial charge in [-0.1, -0.05) is 47.6 Å². The van der Waals surface area contributed by atoms with Crippen molar-refractivity contribution in [2.75, 3.05) is 7.11 Å². The molecule has 0 aliphatic heterocycles. The number of hydrogen-bond donors (Lipinski definition) is 0. The van der Waals surface area contributed by atoms with Crippen molar-refractivity contribution in [3.63, 3.8) is 0 Å². The van der Waals surface area contributed by atoms with E-state index in [1.807, 2.05) is 48.5 Å². The van der Waals surface area contributed by atoms with Gasteiger partial charge in [0, 0.05) is 23.2 Å². The molecule has 0 radical (unpaired) electrons. The van der Waals surface area contributed by atoms with Crippen LogP contribution in [0.2, 0.25) is 0 Å². The molecule has 0 aliphatic carbocycles. The van der Waals surface area contributed by atoms with Gasteiger partial charge in [0.25, 0.3) is 0 Å². The summed E-state index contributed by atoms with van der Waals surface area (Å²) in [7, 11) is -1.94. The number of ether oxygens (including phenoxy) is 1. The molecule has 2 aromatic heterocycles. The van der Waals surface area contributed by atoms with Gasteiger partial charge in [-0.15, -0.1) is 0 Å². The average Bonchev–Trinajstić information content (AvgIpc) is 3.36. The van der Waals surface area contributed by atoms with Gasteiger partial charge in [0.2, 0.25) is 0 Å². The standard InChI is InChI=1S/C26H20N2O4S/c1-31-25-16-19(18-5-3-2-4-6-18)7-9-24(25)26-23-10-8-22(15-20(23)11-13-27-26)33(29,30)17-21-12-14-32-28-21/h2-16H,17H2,1H3. The van der Waals surface area contributed by atoms with Crippen LogP contribution in [0, 0.1) is 0 Å². The van der Waals surface area contributed by atoms with Crippen LogP contribution in [0.1, 0.15) is 5.69 Å². The summed E-state index contributed by atoms with van der Waals surface area (Å²) in [5.74, 6) is 0.473. The number of sulfone groups is 1. The molecule has 164 valence electrons. The Bertz CT molecular complexity index is 1530. The number of hydrogen-bond acceptors (Lipinski definition) is 6. The van der Waals surface area contributed by atoms with Crippen LogP contribution >= 0.6 is 0 Å². The van der Waals surface area contributed by atoms with Gasteiger partial charge in [0.1, 0.15) is 17.8 Å². The van der Waals surface area contributed by atoms with Crippen molar-refractivity contribution in [3.8, 4) is 28.1 Å². The number of fused-ring (bicyclic) bond motifs is 1. The molecule has 0 amide bonds. The lowest BCUT2D eigenvalue weighted by Crippen LogP contribution is -2.05. The fourth-order valence-corrected chi connectivity index (χ4v) is 5.14. The molecule has 0 atom stereocenters. The van der Waals surface area contributed by atoms with Crippen molar-refractivity contribution >= 4 is 20.6 Å². The smallest absolute Gasteiger partial charge is 0.184 e. The largest absolute Gasteiger partial charge is 0.496 e. The lowest BCUT2D eigenvalue weighted by Gasteiger charge is -2.13.